The molecule has 0 saturated heterocycles. The van der Waals surface area contributed by atoms with Crippen LogP contribution in [0.25, 0.3) is 0 Å². The third kappa shape index (κ3) is 3.64. The molecule has 0 aliphatic heterocycles. The number of nitrogens with one attached hydrogen (secondary N) is 1. The zero-order valence-electron chi connectivity index (χ0n) is 10.2. The summed E-state index contributed by atoms with van der Waals surface area (Å²) in [5.41, 5.74) is 2.25. The largest absolute Gasteiger partial charge is 0.312 e. The van der Waals surface area contributed by atoms with Crippen molar-refractivity contribution in [3.8, 4) is 0 Å². The Kier molecular flexibility index (Phi) is 3.82. The molecule has 90 valence electrons. The molecule has 0 unspecified atom stereocenters. The predicted octanol–water partition coefficient (Wildman–Crippen LogP) is 0.851. The van der Waals surface area contributed by atoms with Crippen LogP contribution < -0.4 is 5.32 Å². The Morgan fingerprint density at radius 3 is 2.82 bits per heavy atom. The number of nitrogens with zero attached hydrogens (tertiary/aromatic N) is 4. The number of pyridine rings is 1. The van der Waals surface area contributed by atoms with Gasteiger partial charge in [-0.2, -0.15) is 5.10 Å². The van der Waals surface area contributed by atoms with Gasteiger partial charge in [0.25, 0.3) is 0 Å². The molecule has 0 aromatic carbocycles. The Morgan fingerprint density at radius 1 is 1.29 bits per heavy atom. The maximum Gasteiger partial charge on any atom is 0.151 e. The average Bonchev–Trinajstić information content (AvgIpc) is 2.73. The van der Waals surface area contributed by atoms with E-state index in [1.807, 2.05) is 26.2 Å². The van der Waals surface area contributed by atoms with E-state index >= 15 is 0 Å². The van der Waals surface area contributed by atoms with Gasteiger partial charge in [-0.3, -0.25) is 9.67 Å². The SMILES string of the molecule is Cc1ccc(CNCCc2ncn(C)n2)cn1. The van der Waals surface area contributed by atoms with E-state index in [0.29, 0.717) is 0 Å². The minimum atomic E-state index is 0.833. The van der Waals surface area contributed by atoms with Crippen molar-refractivity contribution < 1.29 is 0 Å². The van der Waals surface area contributed by atoms with Gasteiger partial charge in [-0.05, 0) is 18.6 Å². The van der Waals surface area contributed by atoms with Crippen molar-refractivity contribution in [1.29, 1.82) is 0 Å². The molecular weight excluding hydrogens is 214 g/mol. The second-order valence-electron chi connectivity index (χ2n) is 4.07. The van der Waals surface area contributed by atoms with Crippen LogP contribution in [0.4, 0.5) is 0 Å². The molecule has 0 amide bonds. The lowest BCUT2D eigenvalue weighted by molar-refractivity contribution is 0.660. The number of rotatable bonds is 5. The molecule has 2 aromatic heterocycles. The van der Waals surface area contributed by atoms with Crippen LogP contribution in [0.2, 0.25) is 0 Å². The number of hydrogen-bond donors (Lipinski definition) is 1. The van der Waals surface area contributed by atoms with Gasteiger partial charge < -0.3 is 5.32 Å². The van der Waals surface area contributed by atoms with Crippen LogP contribution in [0.1, 0.15) is 17.1 Å². The van der Waals surface area contributed by atoms with Crippen molar-refractivity contribution in [1.82, 2.24) is 25.1 Å². The first-order chi connectivity index (χ1) is 8.24. The molecule has 0 spiro atoms. The number of aryl methyl sites for hydroxylation is 2. The predicted molar refractivity (Wildman–Crippen MR) is 65.4 cm³/mol. The van der Waals surface area contributed by atoms with Gasteiger partial charge in [0.15, 0.2) is 5.82 Å². The van der Waals surface area contributed by atoms with E-state index in [9.17, 15) is 0 Å². The molecule has 0 atom stereocenters. The van der Waals surface area contributed by atoms with Crippen molar-refractivity contribution in [2.24, 2.45) is 7.05 Å². The first-order valence-electron chi connectivity index (χ1n) is 5.71. The third-order valence-corrected chi connectivity index (χ3v) is 2.47. The molecule has 5 nitrogen and oxygen atoms in total. The molecule has 0 bridgehead atoms. The first kappa shape index (κ1) is 11.7. The lowest BCUT2D eigenvalue weighted by Gasteiger charge is -2.03. The van der Waals surface area contributed by atoms with E-state index in [1.165, 1.54) is 5.56 Å². The number of hydrogen-bond acceptors (Lipinski definition) is 4. The van der Waals surface area contributed by atoms with Gasteiger partial charge in [0.2, 0.25) is 0 Å². The van der Waals surface area contributed by atoms with E-state index in [0.717, 1.165) is 31.0 Å². The molecule has 0 radical (unpaired) electrons. The van der Waals surface area contributed by atoms with Crippen LogP contribution in [-0.4, -0.2) is 26.3 Å². The van der Waals surface area contributed by atoms with Gasteiger partial charge in [-0.15, -0.1) is 0 Å². The van der Waals surface area contributed by atoms with Crippen LogP contribution in [0.3, 0.4) is 0 Å². The fraction of sp³-hybridized carbons (Fsp3) is 0.417. The summed E-state index contributed by atoms with van der Waals surface area (Å²) in [5, 5.41) is 7.57. The standard InChI is InChI=1S/C12H17N5/c1-10-3-4-11(8-14-10)7-13-6-5-12-15-9-17(2)16-12/h3-4,8-9,13H,5-7H2,1-2H3. The summed E-state index contributed by atoms with van der Waals surface area (Å²) < 4.78 is 1.72. The normalized spacial score (nSPS) is 10.7. The smallest absolute Gasteiger partial charge is 0.151 e. The van der Waals surface area contributed by atoms with Crippen molar-refractivity contribution >= 4 is 0 Å². The summed E-state index contributed by atoms with van der Waals surface area (Å²) in [6.45, 7) is 3.70. The summed E-state index contributed by atoms with van der Waals surface area (Å²) in [7, 11) is 1.88. The Bertz CT molecular complexity index is 460. The van der Waals surface area contributed by atoms with Crippen molar-refractivity contribution in [3.63, 3.8) is 0 Å². The highest BCUT2D eigenvalue weighted by Crippen LogP contribution is 1.98. The van der Waals surface area contributed by atoms with E-state index in [-0.39, 0.29) is 0 Å². The van der Waals surface area contributed by atoms with Gasteiger partial charge in [0.05, 0.1) is 0 Å². The average molecular weight is 231 g/mol. The summed E-state index contributed by atoms with van der Waals surface area (Å²) in [6, 6.07) is 4.12. The van der Waals surface area contributed by atoms with E-state index in [1.54, 1.807) is 11.0 Å². The van der Waals surface area contributed by atoms with Crippen LogP contribution >= 0.6 is 0 Å². The van der Waals surface area contributed by atoms with Crippen LogP contribution in [0, 0.1) is 6.92 Å². The summed E-state index contributed by atoms with van der Waals surface area (Å²) in [5.74, 6) is 0.877. The van der Waals surface area contributed by atoms with Gasteiger partial charge in [-0.1, -0.05) is 6.07 Å². The summed E-state index contributed by atoms with van der Waals surface area (Å²) in [6.07, 6.45) is 4.47. The second-order valence-corrected chi connectivity index (χ2v) is 4.07. The fourth-order valence-electron chi connectivity index (χ4n) is 1.53. The van der Waals surface area contributed by atoms with Crippen molar-refractivity contribution in [2.75, 3.05) is 6.54 Å². The third-order valence-electron chi connectivity index (χ3n) is 2.47. The van der Waals surface area contributed by atoms with Gasteiger partial charge >= 0.3 is 0 Å². The minimum absolute atomic E-state index is 0.833. The van der Waals surface area contributed by atoms with Crippen molar-refractivity contribution in [2.45, 2.75) is 19.9 Å². The molecule has 0 aliphatic carbocycles. The Labute approximate surface area is 101 Å². The first-order valence-corrected chi connectivity index (χ1v) is 5.71. The van der Waals surface area contributed by atoms with Crippen LogP contribution in [0.15, 0.2) is 24.7 Å². The highest BCUT2D eigenvalue weighted by molar-refractivity contribution is 5.12. The monoisotopic (exact) mass is 231 g/mol. The Balaban J connectivity index is 1.71. The van der Waals surface area contributed by atoms with Gasteiger partial charge in [-0.25, -0.2) is 4.98 Å². The minimum Gasteiger partial charge on any atom is -0.312 e. The van der Waals surface area contributed by atoms with Gasteiger partial charge in [0, 0.05) is 38.4 Å². The summed E-state index contributed by atoms with van der Waals surface area (Å²) in [4.78, 5) is 8.42. The Hall–Kier alpha value is -1.75. The van der Waals surface area contributed by atoms with Crippen LogP contribution in [-0.2, 0) is 20.0 Å². The van der Waals surface area contributed by atoms with E-state index in [2.05, 4.69) is 26.4 Å². The second kappa shape index (κ2) is 5.54. The maximum atomic E-state index is 4.25. The molecule has 2 heterocycles. The topological polar surface area (TPSA) is 55.6 Å². The number of aromatic nitrogens is 4. The zero-order chi connectivity index (χ0) is 12.1. The maximum absolute atomic E-state index is 4.25. The van der Waals surface area contributed by atoms with E-state index in [4.69, 9.17) is 0 Å². The van der Waals surface area contributed by atoms with Crippen molar-refractivity contribution in [3.05, 3.63) is 41.7 Å². The lowest BCUT2D eigenvalue weighted by atomic mass is 10.2. The Morgan fingerprint density at radius 2 is 2.18 bits per heavy atom. The van der Waals surface area contributed by atoms with E-state index < -0.39 is 0 Å². The molecule has 0 aliphatic rings. The highest BCUT2D eigenvalue weighted by Gasteiger charge is 1.98. The molecule has 5 heteroatoms. The molecule has 2 rings (SSSR count). The zero-order valence-corrected chi connectivity index (χ0v) is 10.2. The lowest BCUT2D eigenvalue weighted by Crippen LogP contribution is -2.17. The fourth-order valence-corrected chi connectivity index (χ4v) is 1.53. The molecule has 17 heavy (non-hydrogen) atoms. The molecular formula is C12H17N5. The highest BCUT2D eigenvalue weighted by atomic mass is 15.3. The quantitative estimate of drug-likeness (QED) is 0.775. The molecule has 2 aromatic rings. The molecule has 0 fully saturated rings. The summed E-state index contributed by atoms with van der Waals surface area (Å²) >= 11 is 0. The van der Waals surface area contributed by atoms with Crippen LogP contribution in [0.5, 0.6) is 0 Å². The molecule has 0 saturated carbocycles. The van der Waals surface area contributed by atoms with Gasteiger partial charge in [0.1, 0.15) is 6.33 Å². The molecule has 1 N–H and O–H groups in total.